The van der Waals surface area contributed by atoms with Crippen LogP contribution in [0.2, 0.25) is 5.02 Å². The first-order chi connectivity index (χ1) is 10.6. The Labute approximate surface area is 137 Å². The van der Waals surface area contributed by atoms with Crippen LogP contribution in [0, 0.1) is 0 Å². The summed E-state index contributed by atoms with van der Waals surface area (Å²) < 4.78 is 0. The molecule has 6 heteroatoms. The number of nitrogens with zero attached hydrogens (tertiary/aromatic N) is 2. The molecule has 114 valence electrons. The van der Waals surface area contributed by atoms with E-state index in [2.05, 4.69) is 0 Å². The van der Waals surface area contributed by atoms with E-state index in [4.69, 9.17) is 11.6 Å². The van der Waals surface area contributed by atoms with E-state index in [1.807, 2.05) is 17.5 Å². The quantitative estimate of drug-likeness (QED) is 0.847. The number of benzene rings is 1. The molecule has 1 saturated heterocycles. The summed E-state index contributed by atoms with van der Waals surface area (Å²) >= 11 is 7.28. The van der Waals surface area contributed by atoms with E-state index in [0.717, 1.165) is 4.88 Å². The van der Waals surface area contributed by atoms with Gasteiger partial charge in [-0.15, -0.1) is 11.3 Å². The maximum Gasteiger partial charge on any atom is 0.264 e. The van der Waals surface area contributed by atoms with Crippen LogP contribution in [0.3, 0.4) is 0 Å². The largest absolute Gasteiger partial charge is 0.335 e. The molecule has 2 heterocycles. The van der Waals surface area contributed by atoms with E-state index >= 15 is 0 Å². The predicted molar refractivity (Wildman–Crippen MR) is 87.6 cm³/mol. The summed E-state index contributed by atoms with van der Waals surface area (Å²) in [6, 6.07) is 10.6. The van der Waals surface area contributed by atoms with Gasteiger partial charge in [-0.25, -0.2) is 0 Å². The lowest BCUT2D eigenvalue weighted by atomic mass is 10.2. The van der Waals surface area contributed by atoms with Gasteiger partial charge in [0.15, 0.2) is 0 Å². The zero-order chi connectivity index (χ0) is 15.5. The molecule has 0 unspecified atom stereocenters. The number of piperazine rings is 1. The van der Waals surface area contributed by atoms with Gasteiger partial charge in [-0.1, -0.05) is 17.7 Å². The fourth-order valence-corrected chi connectivity index (χ4v) is 3.26. The van der Waals surface area contributed by atoms with Gasteiger partial charge in [0.1, 0.15) is 0 Å². The Morgan fingerprint density at radius 3 is 2.05 bits per heavy atom. The Hall–Kier alpha value is -1.85. The maximum atomic E-state index is 12.4. The van der Waals surface area contributed by atoms with Crippen LogP contribution in [0.1, 0.15) is 20.0 Å². The second-order valence-electron chi connectivity index (χ2n) is 5.07. The number of hydrogen-bond acceptors (Lipinski definition) is 3. The van der Waals surface area contributed by atoms with Gasteiger partial charge in [0.25, 0.3) is 11.8 Å². The van der Waals surface area contributed by atoms with Gasteiger partial charge in [0.2, 0.25) is 0 Å². The molecule has 1 aromatic heterocycles. The third kappa shape index (κ3) is 3.15. The fraction of sp³-hybridized carbons (Fsp3) is 0.250. The summed E-state index contributed by atoms with van der Waals surface area (Å²) in [4.78, 5) is 29.0. The molecule has 0 bridgehead atoms. The maximum absolute atomic E-state index is 12.4. The topological polar surface area (TPSA) is 40.6 Å². The lowest BCUT2D eigenvalue weighted by Crippen LogP contribution is -2.50. The molecule has 1 fully saturated rings. The summed E-state index contributed by atoms with van der Waals surface area (Å²) in [6.07, 6.45) is 0. The molecule has 1 aromatic carbocycles. The van der Waals surface area contributed by atoms with Crippen molar-refractivity contribution in [3.63, 3.8) is 0 Å². The number of hydrogen-bond donors (Lipinski definition) is 0. The number of rotatable bonds is 2. The first-order valence-corrected chi connectivity index (χ1v) is 8.28. The Balaban J connectivity index is 1.60. The molecular formula is C16H15ClN2O2S. The lowest BCUT2D eigenvalue weighted by molar-refractivity contribution is 0.0538. The van der Waals surface area contributed by atoms with E-state index in [1.165, 1.54) is 11.3 Å². The zero-order valence-corrected chi connectivity index (χ0v) is 13.4. The van der Waals surface area contributed by atoms with Crippen LogP contribution >= 0.6 is 22.9 Å². The summed E-state index contributed by atoms with van der Waals surface area (Å²) in [5.41, 5.74) is 0.627. The van der Waals surface area contributed by atoms with Gasteiger partial charge in [-0.3, -0.25) is 9.59 Å². The van der Waals surface area contributed by atoms with E-state index in [9.17, 15) is 9.59 Å². The average Bonchev–Trinajstić information content (AvgIpc) is 3.09. The van der Waals surface area contributed by atoms with E-state index in [1.54, 1.807) is 34.1 Å². The molecule has 0 aliphatic carbocycles. The first kappa shape index (κ1) is 15.1. The third-order valence-corrected chi connectivity index (χ3v) is 4.79. The van der Waals surface area contributed by atoms with Crippen molar-refractivity contribution in [3.8, 4) is 0 Å². The third-order valence-electron chi connectivity index (χ3n) is 3.68. The summed E-state index contributed by atoms with van der Waals surface area (Å²) in [6.45, 7) is 2.24. The highest BCUT2D eigenvalue weighted by molar-refractivity contribution is 7.12. The van der Waals surface area contributed by atoms with Gasteiger partial charge >= 0.3 is 0 Å². The number of carbonyl (C=O) groups is 2. The summed E-state index contributed by atoms with van der Waals surface area (Å²) in [5, 5.41) is 2.51. The monoisotopic (exact) mass is 334 g/mol. The number of thiophene rings is 1. The molecular weight excluding hydrogens is 320 g/mol. The minimum absolute atomic E-state index is 0.0140. The lowest BCUT2D eigenvalue weighted by Gasteiger charge is -2.34. The minimum Gasteiger partial charge on any atom is -0.335 e. The molecule has 3 rings (SSSR count). The van der Waals surface area contributed by atoms with Crippen LogP contribution < -0.4 is 0 Å². The molecule has 22 heavy (non-hydrogen) atoms. The van der Waals surface area contributed by atoms with E-state index in [0.29, 0.717) is 36.8 Å². The second-order valence-corrected chi connectivity index (χ2v) is 6.45. The highest BCUT2D eigenvalue weighted by Gasteiger charge is 2.25. The summed E-state index contributed by atoms with van der Waals surface area (Å²) in [5.74, 6) is 0.0356. The SMILES string of the molecule is O=C(c1ccc(Cl)cc1)N1CCN(C(=O)c2cccs2)CC1. The fourth-order valence-electron chi connectivity index (χ4n) is 2.44. The Kier molecular flexibility index (Phi) is 4.45. The second kappa shape index (κ2) is 6.50. The number of amides is 2. The highest BCUT2D eigenvalue weighted by atomic mass is 35.5. The van der Waals surface area contributed by atoms with Crippen molar-refractivity contribution in [3.05, 3.63) is 57.2 Å². The average molecular weight is 335 g/mol. The molecule has 0 N–H and O–H groups in total. The van der Waals surface area contributed by atoms with Crippen molar-refractivity contribution < 1.29 is 9.59 Å². The van der Waals surface area contributed by atoms with Crippen molar-refractivity contribution in [1.29, 1.82) is 0 Å². The standard InChI is InChI=1S/C16H15ClN2O2S/c17-13-5-3-12(4-6-13)15(20)18-7-9-19(10-8-18)16(21)14-2-1-11-22-14/h1-6,11H,7-10H2. The van der Waals surface area contributed by atoms with Crippen LogP contribution in [-0.4, -0.2) is 47.8 Å². The molecule has 2 amide bonds. The molecule has 0 radical (unpaired) electrons. The smallest absolute Gasteiger partial charge is 0.264 e. The molecule has 0 spiro atoms. The van der Waals surface area contributed by atoms with E-state index < -0.39 is 0 Å². The minimum atomic E-state index is -0.0140. The van der Waals surface area contributed by atoms with Crippen molar-refractivity contribution in [2.45, 2.75) is 0 Å². The van der Waals surface area contributed by atoms with Crippen LogP contribution in [-0.2, 0) is 0 Å². The van der Waals surface area contributed by atoms with Crippen molar-refractivity contribution >= 4 is 34.8 Å². The molecule has 0 saturated carbocycles. The predicted octanol–water partition coefficient (Wildman–Crippen LogP) is 3.00. The van der Waals surface area contributed by atoms with Crippen LogP contribution in [0.4, 0.5) is 0 Å². The first-order valence-electron chi connectivity index (χ1n) is 7.03. The van der Waals surface area contributed by atoms with Crippen molar-refractivity contribution in [1.82, 2.24) is 9.80 Å². The molecule has 4 nitrogen and oxygen atoms in total. The Morgan fingerprint density at radius 1 is 0.909 bits per heavy atom. The number of halogens is 1. The normalized spacial score (nSPS) is 15.0. The van der Waals surface area contributed by atoms with Crippen LogP contribution in [0.25, 0.3) is 0 Å². The van der Waals surface area contributed by atoms with Crippen LogP contribution in [0.15, 0.2) is 41.8 Å². The van der Waals surface area contributed by atoms with Gasteiger partial charge < -0.3 is 9.80 Å². The van der Waals surface area contributed by atoms with Gasteiger partial charge in [0.05, 0.1) is 4.88 Å². The zero-order valence-electron chi connectivity index (χ0n) is 11.9. The molecule has 1 aliphatic heterocycles. The van der Waals surface area contributed by atoms with Gasteiger partial charge in [-0.2, -0.15) is 0 Å². The van der Waals surface area contributed by atoms with Gasteiger partial charge in [0, 0.05) is 36.8 Å². The van der Waals surface area contributed by atoms with Crippen molar-refractivity contribution in [2.24, 2.45) is 0 Å². The van der Waals surface area contributed by atoms with Crippen LogP contribution in [0.5, 0.6) is 0 Å². The molecule has 0 atom stereocenters. The Morgan fingerprint density at radius 2 is 1.50 bits per heavy atom. The van der Waals surface area contributed by atoms with Gasteiger partial charge in [-0.05, 0) is 35.7 Å². The highest BCUT2D eigenvalue weighted by Crippen LogP contribution is 2.16. The summed E-state index contributed by atoms with van der Waals surface area (Å²) in [7, 11) is 0. The van der Waals surface area contributed by atoms with E-state index in [-0.39, 0.29) is 11.8 Å². The molecule has 1 aliphatic rings. The number of carbonyl (C=O) groups excluding carboxylic acids is 2. The van der Waals surface area contributed by atoms with Crippen molar-refractivity contribution in [2.75, 3.05) is 26.2 Å². The Bertz CT molecular complexity index is 662. The molecule has 2 aromatic rings.